The van der Waals surface area contributed by atoms with Crippen molar-refractivity contribution in [1.82, 2.24) is 0 Å². The Hall–Kier alpha value is -2.00. The summed E-state index contributed by atoms with van der Waals surface area (Å²) in [7, 11) is 0. The van der Waals surface area contributed by atoms with Crippen molar-refractivity contribution >= 4 is 23.2 Å². The van der Waals surface area contributed by atoms with Crippen molar-refractivity contribution in [1.29, 1.82) is 0 Å². The molecule has 0 heterocycles. The zero-order valence-electron chi connectivity index (χ0n) is 13.1. The molecular formula is C18H20ClNO2. The van der Waals surface area contributed by atoms with E-state index in [-0.39, 0.29) is 12.5 Å². The highest BCUT2D eigenvalue weighted by Gasteiger charge is 2.07. The number of benzene rings is 2. The Kier molecular flexibility index (Phi) is 5.45. The predicted molar refractivity (Wildman–Crippen MR) is 90.9 cm³/mol. The molecule has 0 saturated heterocycles. The maximum absolute atomic E-state index is 11.9. The van der Waals surface area contributed by atoms with Gasteiger partial charge in [0.25, 0.3) is 5.91 Å². The number of amides is 1. The van der Waals surface area contributed by atoms with Crippen molar-refractivity contribution in [3.63, 3.8) is 0 Å². The molecule has 0 aliphatic heterocycles. The van der Waals surface area contributed by atoms with Crippen LogP contribution in [0.15, 0.2) is 36.4 Å². The molecule has 3 nitrogen and oxygen atoms in total. The van der Waals surface area contributed by atoms with Gasteiger partial charge < -0.3 is 10.1 Å². The molecule has 4 heteroatoms. The summed E-state index contributed by atoms with van der Waals surface area (Å²) in [6.45, 7) is 5.89. The van der Waals surface area contributed by atoms with Crippen LogP contribution in [0.1, 0.15) is 23.6 Å². The summed E-state index contributed by atoms with van der Waals surface area (Å²) in [6, 6.07) is 11.5. The Labute approximate surface area is 136 Å². The first-order valence-corrected chi connectivity index (χ1v) is 7.65. The molecule has 2 aromatic rings. The largest absolute Gasteiger partial charge is 0.484 e. The second-order valence-corrected chi connectivity index (χ2v) is 5.64. The second-order valence-electron chi connectivity index (χ2n) is 5.26. The van der Waals surface area contributed by atoms with Gasteiger partial charge in [-0.2, -0.15) is 0 Å². The van der Waals surface area contributed by atoms with Gasteiger partial charge in [0.2, 0.25) is 0 Å². The van der Waals surface area contributed by atoms with Crippen molar-refractivity contribution < 1.29 is 9.53 Å². The van der Waals surface area contributed by atoms with E-state index in [1.54, 1.807) is 0 Å². The molecule has 1 N–H and O–H groups in total. The van der Waals surface area contributed by atoms with E-state index in [4.69, 9.17) is 16.3 Å². The Bertz CT molecular complexity index is 642. The molecule has 0 aliphatic carbocycles. The van der Waals surface area contributed by atoms with E-state index >= 15 is 0 Å². The molecule has 0 saturated carbocycles. The Morgan fingerprint density at radius 2 is 1.73 bits per heavy atom. The van der Waals surface area contributed by atoms with Crippen LogP contribution in [-0.2, 0) is 11.2 Å². The van der Waals surface area contributed by atoms with Crippen molar-refractivity contribution in [3.05, 3.63) is 58.1 Å². The second kappa shape index (κ2) is 7.32. The SMILES string of the molecule is CCc1ccc(NC(=O)COc2cc(C)c(Cl)c(C)c2)cc1. The van der Waals surface area contributed by atoms with Crippen LogP contribution in [0.5, 0.6) is 5.75 Å². The highest BCUT2D eigenvalue weighted by molar-refractivity contribution is 6.32. The number of rotatable bonds is 5. The Balaban J connectivity index is 1.92. The molecule has 0 radical (unpaired) electrons. The number of carbonyl (C=O) groups is 1. The number of halogens is 1. The van der Waals surface area contributed by atoms with Crippen molar-refractivity contribution in [2.45, 2.75) is 27.2 Å². The van der Waals surface area contributed by atoms with Gasteiger partial charge in [0.1, 0.15) is 5.75 Å². The highest BCUT2D eigenvalue weighted by Crippen LogP contribution is 2.25. The molecule has 1 amide bonds. The van der Waals surface area contributed by atoms with Crippen LogP contribution in [0.2, 0.25) is 5.02 Å². The molecule has 0 bridgehead atoms. The smallest absolute Gasteiger partial charge is 0.262 e. The maximum atomic E-state index is 11.9. The number of nitrogens with one attached hydrogen (secondary N) is 1. The topological polar surface area (TPSA) is 38.3 Å². The van der Waals surface area contributed by atoms with Gasteiger partial charge in [-0.3, -0.25) is 4.79 Å². The zero-order valence-corrected chi connectivity index (χ0v) is 13.8. The molecule has 0 fully saturated rings. The number of hydrogen-bond donors (Lipinski definition) is 1. The van der Waals surface area contributed by atoms with Crippen molar-refractivity contribution in [2.75, 3.05) is 11.9 Å². The molecule has 116 valence electrons. The lowest BCUT2D eigenvalue weighted by atomic mass is 10.1. The molecule has 2 rings (SSSR count). The summed E-state index contributed by atoms with van der Waals surface area (Å²) in [5, 5.41) is 3.54. The molecule has 22 heavy (non-hydrogen) atoms. The minimum Gasteiger partial charge on any atom is -0.484 e. The number of carbonyl (C=O) groups excluding carboxylic acids is 1. The molecule has 0 atom stereocenters. The maximum Gasteiger partial charge on any atom is 0.262 e. The number of hydrogen-bond acceptors (Lipinski definition) is 2. The monoisotopic (exact) mass is 317 g/mol. The van der Waals surface area contributed by atoms with Crippen LogP contribution in [0.3, 0.4) is 0 Å². The van der Waals surface area contributed by atoms with Gasteiger partial charge in [-0.1, -0.05) is 30.7 Å². The first-order chi connectivity index (χ1) is 10.5. The van der Waals surface area contributed by atoms with Crippen LogP contribution in [0.4, 0.5) is 5.69 Å². The van der Waals surface area contributed by atoms with Crippen molar-refractivity contribution in [3.8, 4) is 5.75 Å². The molecule has 0 aliphatic rings. The van der Waals surface area contributed by atoms with Crippen LogP contribution < -0.4 is 10.1 Å². The number of anilines is 1. The minimum atomic E-state index is -0.186. The molecule has 2 aromatic carbocycles. The van der Waals surface area contributed by atoms with Gasteiger partial charge in [-0.15, -0.1) is 0 Å². The van der Waals surface area contributed by atoms with Gasteiger partial charge in [0, 0.05) is 10.7 Å². The molecular weight excluding hydrogens is 298 g/mol. The average Bonchev–Trinajstić information content (AvgIpc) is 2.51. The van der Waals surface area contributed by atoms with Gasteiger partial charge in [0.15, 0.2) is 6.61 Å². The first-order valence-electron chi connectivity index (χ1n) is 7.28. The van der Waals surface area contributed by atoms with E-state index in [9.17, 15) is 4.79 Å². The summed E-state index contributed by atoms with van der Waals surface area (Å²) in [5.41, 5.74) is 3.88. The fraction of sp³-hybridized carbons (Fsp3) is 0.278. The standard InChI is InChI=1S/C18H20ClNO2/c1-4-14-5-7-15(8-6-14)20-17(21)11-22-16-9-12(2)18(19)13(3)10-16/h5-10H,4,11H2,1-3H3,(H,20,21). The van der Waals surface area contributed by atoms with Crippen LogP contribution in [-0.4, -0.2) is 12.5 Å². The minimum absolute atomic E-state index is 0.0317. The van der Waals surface area contributed by atoms with Crippen molar-refractivity contribution in [2.24, 2.45) is 0 Å². The van der Waals surface area contributed by atoms with E-state index in [2.05, 4.69) is 12.2 Å². The van der Waals surface area contributed by atoms with Crippen LogP contribution >= 0.6 is 11.6 Å². The Morgan fingerprint density at radius 3 is 2.27 bits per heavy atom. The quantitative estimate of drug-likeness (QED) is 0.879. The summed E-state index contributed by atoms with van der Waals surface area (Å²) < 4.78 is 5.53. The molecule has 0 unspecified atom stereocenters. The number of ether oxygens (including phenoxy) is 1. The van der Waals surface area contributed by atoms with E-state index in [0.717, 1.165) is 28.3 Å². The Morgan fingerprint density at radius 1 is 1.14 bits per heavy atom. The third kappa shape index (κ3) is 4.25. The fourth-order valence-electron chi connectivity index (χ4n) is 2.16. The lowest BCUT2D eigenvalue weighted by Crippen LogP contribution is -2.20. The van der Waals surface area contributed by atoms with Crippen LogP contribution in [0, 0.1) is 13.8 Å². The zero-order chi connectivity index (χ0) is 16.1. The van der Waals surface area contributed by atoms with Crippen LogP contribution in [0.25, 0.3) is 0 Å². The number of aryl methyl sites for hydroxylation is 3. The summed E-state index contributed by atoms with van der Waals surface area (Å²) >= 11 is 6.11. The highest BCUT2D eigenvalue weighted by atomic mass is 35.5. The average molecular weight is 318 g/mol. The lowest BCUT2D eigenvalue weighted by molar-refractivity contribution is -0.118. The van der Waals surface area contributed by atoms with E-state index in [1.165, 1.54) is 5.56 Å². The third-order valence-electron chi connectivity index (χ3n) is 3.43. The van der Waals surface area contributed by atoms with E-state index in [0.29, 0.717) is 5.75 Å². The normalized spacial score (nSPS) is 10.4. The summed E-state index contributed by atoms with van der Waals surface area (Å²) in [4.78, 5) is 11.9. The van der Waals surface area contributed by atoms with Gasteiger partial charge in [-0.05, 0) is 61.2 Å². The summed E-state index contributed by atoms with van der Waals surface area (Å²) in [6.07, 6.45) is 0.979. The fourth-order valence-corrected chi connectivity index (χ4v) is 2.27. The van der Waals surface area contributed by atoms with Gasteiger partial charge >= 0.3 is 0 Å². The first kappa shape index (κ1) is 16.4. The van der Waals surface area contributed by atoms with E-state index < -0.39 is 0 Å². The van der Waals surface area contributed by atoms with Gasteiger partial charge in [0.05, 0.1) is 0 Å². The van der Waals surface area contributed by atoms with Gasteiger partial charge in [-0.25, -0.2) is 0 Å². The molecule has 0 spiro atoms. The van der Waals surface area contributed by atoms with E-state index in [1.807, 2.05) is 50.2 Å². The lowest BCUT2D eigenvalue weighted by Gasteiger charge is -2.10. The predicted octanol–water partition coefficient (Wildman–Crippen LogP) is 4.54. The third-order valence-corrected chi connectivity index (χ3v) is 4.02. The molecule has 0 aromatic heterocycles. The summed E-state index contributed by atoms with van der Waals surface area (Å²) in [5.74, 6) is 0.463.